The molecule has 92 valence electrons. The van der Waals surface area contributed by atoms with Crippen LogP contribution in [0.4, 0.5) is 0 Å². The third-order valence-electron chi connectivity index (χ3n) is 4.24. The van der Waals surface area contributed by atoms with Crippen LogP contribution in [-0.4, -0.2) is 17.3 Å². The summed E-state index contributed by atoms with van der Waals surface area (Å²) in [5.74, 6) is 1.49. The molecule has 1 aliphatic heterocycles. The zero-order chi connectivity index (χ0) is 11.7. The van der Waals surface area contributed by atoms with Gasteiger partial charge >= 0.3 is 0 Å². The van der Waals surface area contributed by atoms with Crippen LogP contribution in [0.25, 0.3) is 0 Å². The van der Waals surface area contributed by atoms with Crippen LogP contribution < -0.4 is 4.74 Å². The Hall–Kier alpha value is -1.02. The molecule has 1 atom stereocenters. The SMILES string of the molecule is OC1(CC2CCOc3ccccc32)CCCC1. The van der Waals surface area contributed by atoms with Crippen molar-refractivity contribution in [2.75, 3.05) is 6.61 Å². The predicted molar refractivity (Wildman–Crippen MR) is 67.3 cm³/mol. The molecule has 17 heavy (non-hydrogen) atoms. The van der Waals surface area contributed by atoms with Gasteiger partial charge in [0.05, 0.1) is 12.2 Å². The van der Waals surface area contributed by atoms with Gasteiger partial charge in [0.2, 0.25) is 0 Å². The van der Waals surface area contributed by atoms with Crippen LogP contribution in [0.3, 0.4) is 0 Å². The summed E-state index contributed by atoms with van der Waals surface area (Å²) < 4.78 is 5.67. The number of ether oxygens (including phenoxy) is 1. The van der Waals surface area contributed by atoms with Crippen LogP contribution >= 0.6 is 0 Å². The predicted octanol–water partition coefficient (Wildman–Crippen LogP) is 3.25. The maximum Gasteiger partial charge on any atom is 0.122 e. The van der Waals surface area contributed by atoms with E-state index in [1.165, 1.54) is 18.4 Å². The molecule has 0 radical (unpaired) electrons. The van der Waals surface area contributed by atoms with Gasteiger partial charge in [-0.05, 0) is 43.2 Å². The molecule has 0 spiro atoms. The van der Waals surface area contributed by atoms with Gasteiger partial charge in [0.1, 0.15) is 5.75 Å². The first-order valence-corrected chi connectivity index (χ1v) is 6.71. The summed E-state index contributed by atoms with van der Waals surface area (Å²) in [4.78, 5) is 0. The molecule has 0 aromatic heterocycles. The second-order valence-corrected chi connectivity index (χ2v) is 5.51. The molecule has 2 aliphatic rings. The highest BCUT2D eigenvalue weighted by atomic mass is 16.5. The minimum Gasteiger partial charge on any atom is -0.493 e. The van der Waals surface area contributed by atoms with Crippen molar-refractivity contribution in [1.82, 2.24) is 0 Å². The van der Waals surface area contributed by atoms with E-state index in [4.69, 9.17) is 4.74 Å². The van der Waals surface area contributed by atoms with Gasteiger partial charge < -0.3 is 9.84 Å². The topological polar surface area (TPSA) is 29.5 Å². The highest BCUT2D eigenvalue weighted by molar-refractivity contribution is 5.38. The minimum atomic E-state index is -0.408. The highest BCUT2D eigenvalue weighted by Crippen LogP contribution is 2.43. The van der Waals surface area contributed by atoms with Crippen molar-refractivity contribution in [2.24, 2.45) is 0 Å². The summed E-state index contributed by atoms with van der Waals surface area (Å²) in [6.45, 7) is 0.789. The lowest BCUT2D eigenvalue weighted by molar-refractivity contribution is 0.0273. The Kier molecular flexibility index (Phi) is 2.83. The van der Waals surface area contributed by atoms with Crippen LogP contribution in [0.15, 0.2) is 24.3 Å². The molecule has 1 unspecified atom stereocenters. The van der Waals surface area contributed by atoms with Crippen molar-refractivity contribution >= 4 is 0 Å². The van der Waals surface area contributed by atoms with Crippen molar-refractivity contribution in [2.45, 2.75) is 50.0 Å². The van der Waals surface area contributed by atoms with Gasteiger partial charge in [0.25, 0.3) is 0 Å². The van der Waals surface area contributed by atoms with Gasteiger partial charge in [-0.3, -0.25) is 0 Å². The van der Waals surface area contributed by atoms with Crippen LogP contribution in [-0.2, 0) is 0 Å². The largest absolute Gasteiger partial charge is 0.493 e. The fourth-order valence-electron chi connectivity index (χ4n) is 3.32. The first-order chi connectivity index (χ1) is 8.27. The summed E-state index contributed by atoms with van der Waals surface area (Å²) in [5, 5.41) is 10.5. The number of rotatable bonds is 2. The van der Waals surface area contributed by atoms with Crippen LogP contribution in [0.2, 0.25) is 0 Å². The lowest BCUT2D eigenvalue weighted by Gasteiger charge is -2.32. The molecule has 1 aromatic rings. The molecule has 0 amide bonds. The Bertz CT molecular complexity index is 394. The molecular weight excluding hydrogens is 212 g/mol. The van der Waals surface area contributed by atoms with Gasteiger partial charge in [0, 0.05) is 0 Å². The Morgan fingerprint density at radius 1 is 1.24 bits per heavy atom. The highest BCUT2D eigenvalue weighted by Gasteiger charge is 2.35. The Labute approximate surface area is 103 Å². The summed E-state index contributed by atoms with van der Waals surface area (Å²) in [6.07, 6.45) is 6.27. The van der Waals surface area contributed by atoms with E-state index in [1.54, 1.807) is 0 Å². The molecular formula is C15H20O2. The maximum atomic E-state index is 10.5. The molecule has 2 heteroatoms. The molecule has 0 bridgehead atoms. The maximum absolute atomic E-state index is 10.5. The number of hydrogen-bond acceptors (Lipinski definition) is 2. The van der Waals surface area contributed by atoms with E-state index in [2.05, 4.69) is 12.1 Å². The van der Waals surface area contributed by atoms with Gasteiger partial charge in [-0.1, -0.05) is 31.0 Å². The molecule has 1 N–H and O–H groups in total. The van der Waals surface area contributed by atoms with Crippen LogP contribution in [0, 0.1) is 0 Å². The van der Waals surface area contributed by atoms with Crippen LogP contribution in [0.1, 0.15) is 50.0 Å². The van der Waals surface area contributed by atoms with E-state index in [1.807, 2.05) is 12.1 Å². The minimum absolute atomic E-state index is 0.408. The lowest BCUT2D eigenvalue weighted by Crippen LogP contribution is -2.29. The van der Waals surface area contributed by atoms with Crippen LogP contribution in [0.5, 0.6) is 5.75 Å². The third-order valence-corrected chi connectivity index (χ3v) is 4.24. The fourth-order valence-corrected chi connectivity index (χ4v) is 3.32. The van der Waals surface area contributed by atoms with E-state index in [-0.39, 0.29) is 0 Å². The molecule has 1 saturated carbocycles. The fraction of sp³-hybridized carbons (Fsp3) is 0.600. The second kappa shape index (κ2) is 4.34. The smallest absolute Gasteiger partial charge is 0.122 e. The number of benzene rings is 1. The quantitative estimate of drug-likeness (QED) is 0.848. The van der Waals surface area contributed by atoms with E-state index in [9.17, 15) is 5.11 Å². The first-order valence-electron chi connectivity index (χ1n) is 6.71. The molecule has 0 saturated heterocycles. The van der Waals surface area contributed by atoms with Gasteiger partial charge in [0.15, 0.2) is 0 Å². The average Bonchev–Trinajstić information content (AvgIpc) is 2.76. The Balaban J connectivity index is 1.81. The second-order valence-electron chi connectivity index (χ2n) is 5.51. The van der Waals surface area contributed by atoms with Crippen molar-refractivity contribution in [3.8, 4) is 5.75 Å². The Morgan fingerprint density at radius 3 is 2.82 bits per heavy atom. The Morgan fingerprint density at radius 2 is 2.00 bits per heavy atom. The van der Waals surface area contributed by atoms with Gasteiger partial charge in [-0.15, -0.1) is 0 Å². The monoisotopic (exact) mass is 232 g/mol. The normalized spacial score (nSPS) is 26.3. The number of hydrogen-bond donors (Lipinski definition) is 1. The molecule has 1 heterocycles. The zero-order valence-corrected chi connectivity index (χ0v) is 10.2. The van der Waals surface area contributed by atoms with E-state index in [0.29, 0.717) is 5.92 Å². The van der Waals surface area contributed by atoms with Crippen molar-refractivity contribution in [1.29, 1.82) is 0 Å². The molecule has 2 nitrogen and oxygen atoms in total. The standard InChI is InChI=1S/C15H20O2/c16-15(8-3-4-9-15)11-12-7-10-17-14-6-2-1-5-13(12)14/h1-2,5-6,12,16H,3-4,7-11H2. The third kappa shape index (κ3) is 2.19. The molecule has 3 rings (SSSR count). The van der Waals surface area contributed by atoms with E-state index in [0.717, 1.165) is 38.0 Å². The summed E-state index contributed by atoms with van der Waals surface area (Å²) in [5.41, 5.74) is 0.883. The summed E-state index contributed by atoms with van der Waals surface area (Å²) in [7, 11) is 0. The lowest BCUT2D eigenvalue weighted by atomic mass is 9.82. The number of aliphatic hydroxyl groups is 1. The summed E-state index contributed by atoms with van der Waals surface area (Å²) in [6, 6.07) is 8.28. The average molecular weight is 232 g/mol. The van der Waals surface area contributed by atoms with Gasteiger partial charge in [-0.2, -0.15) is 0 Å². The van der Waals surface area contributed by atoms with Gasteiger partial charge in [-0.25, -0.2) is 0 Å². The number of para-hydroxylation sites is 1. The molecule has 1 fully saturated rings. The first kappa shape index (κ1) is 11.1. The molecule has 1 aromatic carbocycles. The molecule has 1 aliphatic carbocycles. The van der Waals surface area contributed by atoms with Crippen molar-refractivity contribution in [3.63, 3.8) is 0 Å². The summed E-state index contributed by atoms with van der Waals surface area (Å²) >= 11 is 0. The van der Waals surface area contributed by atoms with E-state index < -0.39 is 5.60 Å². The van der Waals surface area contributed by atoms with E-state index >= 15 is 0 Å². The van der Waals surface area contributed by atoms with Crippen molar-refractivity contribution < 1.29 is 9.84 Å². The van der Waals surface area contributed by atoms with Crippen molar-refractivity contribution in [3.05, 3.63) is 29.8 Å². The number of fused-ring (bicyclic) bond motifs is 1. The zero-order valence-electron chi connectivity index (χ0n) is 10.2.